The van der Waals surface area contributed by atoms with Crippen LogP contribution in [0.1, 0.15) is 11.1 Å². The topological polar surface area (TPSA) is 89.7 Å². The third kappa shape index (κ3) is 3.12. The van der Waals surface area contributed by atoms with Crippen molar-refractivity contribution in [1.82, 2.24) is 0 Å². The number of alkyl halides is 2. The van der Waals surface area contributed by atoms with Crippen LogP contribution in [0.5, 0.6) is 5.75 Å². The van der Waals surface area contributed by atoms with Crippen molar-refractivity contribution in [3.8, 4) is 5.75 Å². The van der Waals surface area contributed by atoms with Gasteiger partial charge in [0.05, 0.1) is 11.3 Å². The average Bonchev–Trinajstić information content (AvgIpc) is 2.22. The summed E-state index contributed by atoms with van der Waals surface area (Å²) >= 11 is 0. The number of hydrogen-bond donors (Lipinski definition) is 1. The fourth-order valence-electron chi connectivity index (χ4n) is 1.45. The Hall–Kier alpha value is -2.25. The zero-order valence-corrected chi connectivity index (χ0v) is 9.22. The number of nitrogens with zero attached hydrogens (tertiary/aromatic N) is 1. The van der Waals surface area contributed by atoms with E-state index in [0.29, 0.717) is 0 Å². The van der Waals surface area contributed by atoms with Gasteiger partial charge in [-0.25, -0.2) is 0 Å². The number of ether oxygens (including phenoxy) is 1. The van der Waals surface area contributed by atoms with E-state index in [-0.39, 0.29) is 11.1 Å². The molecule has 1 aromatic carbocycles. The fraction of sp³-hybridized carbons (Fsp3) is 0.300. The lowest BCUT2D eigenvalue weighted by Crippen LogP contribution is -2.09. The summed E-state index contributed by atoms with van der Waals surface area (Å²) < 4.78 is 28.4. The van der Waals surface area contributed by atoms with Gasteiger partial charge in [-0.05, 0) is 12.5 Å². The van der Waals surface area contributed by atoms with Crippen LogP contribution >= 0.6 is 0 Å². The second-order valence-corrected chi connectivity index (χ2v) is 3.40. The summed E-state index contributed by atoms with van der Waals surface area (Å²) in [6, 6.07) is 2.16. The summed E-state index contributed by atoms with van der Waals surface area (Å²) in [5.74, 6) is -1.77. The van der Waals surface area contributed by atoms with E-state index in [2.05, 4.69) is 4.74 Å². The van der Waals surface area contributed by atoms with Gasteiger partial charge < -0.3 is 9.84 Å². The van der Waals surface area contributed by atoms with Gasteiger partial charge in [0.2, 0.25) is 5.75 Å². The lowest BCUT2D eigenvalue weighted by atomic mass is 10.0. The first-order valence-corrected chi connectivity index (χ1v) is 4.76. The number of nitro benzene ring substituents is 1. The van der Waals surface area contributed by atoms with Gasteiger partial charge in [0.15, 0.2) is 0 Å². The van der Waals surface area contributed by atoms with Crippen molar-refractivity contribution in [3.63, 3.8) is 0 Å². The van der Waals surface area contributed by atoms with E-state index in [1.807, 2.05) is 0 Å². The first-order valence-electron chi connectivity index (χ1n) is 4.76. The normalized spacial score (nSPS) is 10.4. The van der Waals surface area contributed by atoms with Crippen molar-refractivity contribution in [2.75, 3.05) is 0 Å². The standard InChI is InChI=1S/C10H9F2NO5/c1-5-6(4-8(14)15)2-3-7(13(16)17)9(5)18-10(11)12/h2-3,10H,4H2,1H3,(H,14,15). The van der Waals surface area contributed by atoms with Crippen LogP contribution in [-0.2, 0) is 11.2 Å². The number of nitro groups is 1. The van der Waals surface area contributed by atoms with Crippen LogP contribution in [0, 0.1) is 17.0 Å². The smallest absolute Gasteiger partial charge is 0.387 e. The highest BCUT2D eigenvalue weighted by molar-refractivity contribution is 5.72. The predicted molar refractivity (Wildman–Crippen MR) is 55.8 cm³/mol. The quantitative estimate of drug-likeness (QED) is 0.647. The Bertz CT molecular complexity index is 489. The summed E-state index contributed by atoms with van der Waals surface area (Å²) in [7, 11) is 0. The van der Waals surface area contributed by atoms with Gasteiger partial charge >= 0.3 is 18.3 Å². The Kier molecular flexibility index (Phi) is 4.13. The van der Waals surface area contributed by atoms with Crippen molar-refractivity contribution >= 4 is 11.7 Å². The predicted octanol–water partition coefficient (Wildman–Crippen LogP) is 2.13. The van der Waals surface area contributed by atoms with E-state index in [1.165, 1.54) is 13.0 Å². The third-order valence-electron chi connectivity index (χ3n) is 2.24. The highest BCUT2D eigenvalue weighted by Gasteiger charge is 2.23. The number of carboxylic acid groups (broad SMARTS) is 1. The van der Waals surface area contributed by atoms with Gasteiger partial charge in [0.1, 0.15) is 0 Å². The lowest BCUT2D eigenvalue weighted by Gasteiger charge is -2.11. The Morgan fingerprint density at radius 2 is 2.17 bits per heavy atom. The molecule has 0 aliphatic heterocycles. The molecule has 0 aromatic heterocycles. The number of rotatable bonds is 5. The van der Waals surface area contributed by atoms with Crippen LogP contribution < -0.4 is 4.74 Å². The second kappa shape index (κ2) is 5.39. The SMILES string of the molecule is Cc1c(CC(=O)O)ccc([N+](=O)[O-])c1OC(F)F. The van der Waals surface area contributed by atoms with Crippen LogP contribution in [0.4, 0.5) is 14.5 Å². The van der Waals surface area contributed by atoms with E-state index in [1.54, 1.807) is 0 Å². The Balaban J connectivity index is 3.29. The molecule has 0 unspecified atom stereocenters. The van der Waals surface area contributed by atoms with Crippen LogP contribution in [0.3, 0.4) is 0 Å². The molecule has 1 rings (SSSR count). The van der Waals surface area contributed by atoms with Crippen molar-refractivity contribution < 1.29 is 28.3 Å². The van der Waals surface area contributed by atoms with Gasteiger partial charge in [0.25, 0.3) is 0 Å². The van der Waals surface area contributed by atoms with E-state index < -0.39 is 35.4 Å². The number of aliphatic carboxylic acids is 1. The van der Waals surface area contributed by atoms with E-state index in [0.717, 1.165) is 6.07 Å². The zero-order chi connectivity index (χ0) is 13.9. The van der Waals surface area contributed by atoms with Gasteiger partial charge in [-0.1, -0.05) is 6.07 Å². The molecular weight excluding hydrogens is 252 g/mol. The number of hydrogen-bond acceptors (Lipinski definition) is 4. The second-order valence-electron chi connectivity index (χ2n) is 3.40. The summed E-state index contributed by atoms with van der Waals surface area (Å²) in [6.45, 7) is -1.93. The molecular formula is C10H9F2NO5. The summed E-state index contributed by atoms with van der Waals surface area (Å²) in [5.41, 5.74) is -0.419. The van der Waals surface area contributed by atoms with Crippen molar-refractivity contribution in [2.24, 2.45) is 0 Å². The first kappa shape index (κ1) is 13.8. The molecule has 1 N–H and O–H groups in total. The van der Waals surface area contributed by atoms with Gasteiger partial charge in [0, 0.05) is 11.6 Å². The monoisotopic (exact) mass is 261 g/mol. The third-order valence-corrected chi connectivity index (χ3v) is 2.24. The van der Waals surface area contributed by atoms with Crippen molar-refractivity contribution in [1.29, 1.82) is 0 Å². The molecule has 1 aromatic rings. The van der Waals surface area contributed by atoms with Crippen LogP contribution in [0.2, 0.25) is 0 Å². The van der Waals surface area contributed by atoms with Crippen molar-refractivity contribution in [3.05, 3.63) is 33.4 Å². The van der Waals surface area contributed by atoms with Gasteiger partial charge in [-0.3, -0.25) is 14.9 Å². The Morgan fingerprint density at radius 1 is 1.56 bits per heavy atom. The first-order chi connectivity index (χ1) is 8.32. The molecule has 98 valence electrons. The maximum absolute atomic E-state index is 12.2. The van der Waals surface area contributed by atoms with Crippen LogP contribution in [0.15, 0.2) is 12.1 Å². The van der Waals surface area contributed by atoms with Crippen LogP contribution in [0.25, 0.3) is 0 Å². The van der Waals surface area contributed by atoms with E-state index in [4.69, 9.17) is 5.11 Å². The zero-order valence-electron chi connectivity index (χ0n) is 9.22. The molecule has 0 fully saturated rings. The maximum Gasteiger partial charge on any atom is 0.387 e. The van der Waals surface area contributed by atoms with Crippen molar-refractivity contribution in [2.45, 2.75) is 20.0 Å². The molecule has 0 heterocycles. The Morgan fingerprint density at radius 3 is 2.61 bits per heavy atom. The molecule has 0 aliphatic carbocycles. The molecule has 0 radical (unpaired) electrons. The molecule has 0 atom stereocenters. The number of carboxylic acids is 1. The summed E-state index contributed by atoms with van der Waals surface area (Å²) in [5, 5.41) is 19.3. The van der Waals surface area contributed by atoms with Crippen LogP contribution in [-0.4, -0.2) is 22.6 Å². The molecule has 0 saturated carbocycles. The molecule has 8 heteroatoms. The largest absolute Gasteiger partial charge is 0.481 e. The molecule has 0 bridgehead atoms. The molecule has 6 nitrogen and oxygen atoms in total. The molecule has 0 amide bonds. The van der Waals surface area contributed by atoms with Gasteiger partial charge in [-0.2, -0.15) is 8.78 Å². The minimum absolute atomic E-state index is 0.0203. The maximum atomic E-state index is 12.2. The van der Waals surface area contributed by atoms with Gasteiger partial charge in [-0.15, -0.1) is 0 Å². The highest BCUT2D eigenvalue weighted by atomic mass is 19.3. The molecule has 0 saturated heterocycles. The van der Waals surface area contributed by atoms with E-state index >= 15 is 0 Å². The fourth-order valence-corrected chi connectivity index (χ4v) is 1.45. The summed E-state index contributed by atoms with van der Waals surface area (Å²) in [4.78, 5) is 20.3. The minimum atomic E-state index is -3.22. The minimum Gasteiger partial charge on any atom is -0.481 e. The summed E-state index contributed by atoms with van der Waals surface area (Å²) in [6.07, 6.45) is -0.427. The molecule has 0 spiro atoms. The number of benzene rings is 1. The molecule has 0 aliphatic rings. The van der Waals surface area contributed by atoms with E-state index in [9.17, 15) is 23.7 Å². The number of halogens is 2. The lowest BCUT2D eigenvalue weighted by molar-refractivity contribution is -0.386. The number of carbonyl (C=O) groups is 1. The Labute approximate surface area is 99.9 Å². The highest BCUT2D eigenvalue weighted by Crippen LogP contribution is 2.34. The average molecular weight is 261 g/mol. The molecule has 18 heavy (non-hydrogen) atoms.